The molecule has 0 saturated carbocycles. The van der Waals surface area contributed by atoms with Crippen LogP contribution in [0.5, 0.6) is 0 Å². The lowest BCUT2D eigenvalue weighted by Gasteiger charge is -2.30. The molecule has 2 amide bonds. The van der Waals surface area contributed by atoms with Gasteiger partial charge >= 0.3 is 5.97 Å². The summed E-state index contributed by atoms with van der Waals surface area (Å²) in [7, 11) is 0. The second-order valence-electron chi connectivity index (χ2n) is 14.1. The molecular formula is C29H47NO5. The molecule has 1 atom stereocenters. The number of aliphatic carboxylic acids is 1. The molecule has 0 fully saturated rings. The molecule has 35 heavy (non-hydrogen) atoms. The van der Waals surface area contributed by atoms with E-state index in [2.05, 4.69) is 0 Å². The number of nitrogens with zero attached hydrogens (tertiary/aromatic N) is 1. The SMILES string of the molecule is CC(CCC(=O)/C(=C(\C(=O)O)C(C)(C)C)C(C)(C)C)CN1C(=O)C(C(C)(C)C)=C(C(C)(C)C)C1=O. The number of hydrogen-bond donors (Lipinski definition) is 1. The Bertz CT molecular complexity index is 917. The molecule has 0 spiro atoms. The van der Waals surface area contributed by atoms with Gasteiger partial charge in [-0.1, -0.05) is 90.0 Å². The van der Waals surface area contributed by atoms with Crippen LogP contribution in [0.1, 0.15) is 103 Å². The summed E-state index contributed by atoms with van der Waals surface area (Å²) in [5.41, 5.74) is -0.643. The molecule has 1 heterocycles. The molecule has 0 aromatic rings. The molecule has 0 aliphatic carbocycles. The van der Waals surface area contributed by atoms with Crippen LogP contribution in [0.4, 0.5) is 0 Å². The van der Waals surface area contributed by atoms with E-state index in [1.807, 2.05) is 69.2 Å². The molecule has 6 heteroatoms. The van der Waals surface area contributed by atoms with Crippen LogP contribution in [0.25, 0.3) is 0 Å². The van der Waals surface area contributed by atoms with Crippen molar-refractivity contribution in [3.63, 3.8) is 0 Å². The first kappa shape index (κ1) is 30.8. The number of carbonyl (C=O) groups excluding carboxylic acids is 3. The topological polar surface area (TPSA) is 91.8 Å². The Balaban J connectivity index is 3.17. The summed E-state index contributed by atoms with van der Waals surface area (Å²) >= 11 is 0. The molecule has 0 saturated heterocycles. The maximum atomic E-state index is 13.3. The number of ketones is 1. The number of carboxylic acid groups (broad SMARTS) is 1. The summed E-state index contributed by atoms with van der Waals surface area (Å²) in [6, 6.07) is 0. The molecule has 1 rings (SSSR count). The quantitative estimate of drug-likeness (QED) is 0.339. The summed E-state index contributed by atoms with van der Waals surface area (Å²) in [5, 5.41) is 9.90. The number of carbonyl (C=O) groups is 4. The van der Waals surface area contributed by atoms with Gasteiger partial charge in [0.05, 0.1) is 0 Å². The second kappa shape index (κ2) is 10.0. The van der Waals surface area contributed by atoms with Gasteiger partial charge < -0.3 is 5.11 Å². The second-order valence-corrected chi connectivity index (χ2v) is 14.1. The van der Waals surface area contributed by atoms with Crippen LogP contribution in [0, 0.1) is 27.6 Å². The van der Waals surface area contributed by atoms with Crippen molar-refractivity contribution in [1.82, 2.24) is 4.90 Å². The Hall–Kier alpha value is -2.24. The van der Waals surface area contributed by atoms with Crippen LogP contribution >= 0.6 is 0 Å². The smallest absolute Gasteiger partial charge is 0.332 e. The first-order chi connectivity index (χ1) is 15.4. The van der Waals surface area contributed by atoms with Gasteiger partial charge in [0.25, 0.3) is 11.8 Å². The highest BCUT2D eigenvalue weighted by Gasteiger charge is 2.47. The molecule has 0 radical (unpaired) electrons. The zero-order valence-corrected chi connectivity index (χ0v) is 24.2. The van der Waals surface area contributed by atoms with E-state index < -0.39 is 27.6 Å². The number of hydrogen-bond acceptors (Lipinski definition) is 4. The third kappa shape index (κ3) is 7.14. The van der Waals surface area contributed by atoms with E-state index in [-0.39, 0.29) is 42.1 Å². The standard InChI is InChI=1S/C29H47NO5/c1-17(14-15-18(31)19(26(2,3)4)22(25(34)35)29(11,12)13)16-30-23(32)20(27(5,6)7)21(24(30)33)28(8,9)10/h17H,14-16H2,1-13H3,(H,34,35)/b22-19-. The first-order valence-corrected chi connectivity index (χ1v) is 12.6. The van der Waals surface area contributed by atoms with Crippen molar-refractivity contribution < 1.29 is 24.3 Å². The van der Waals surface area contributed by atoms with Gasteiger partial charge in [0.15, 0.2) is 5.78 Å². The number of imide groups is 1. The van der Waals surface area contributed by atoms with Gasteiger partial charge in [0, 0.05) is 35.3 Å². The van der Waals surface area contributed by atoms with Gasteiger partial charge in [0.1, 0.15) is 0 Å². The zero-order chi connectivity index (χ0) is 27.9. The van der Waals surface area contributed by atoms with Crippen LogP contribution in [0.15, 0.2) is 22.3 Å². The number of allylic oxidation sites excluding steroid dienone is 1. The van der Waals surface area contributed by atoms with Crippen molar-refractivity contribution in [2.45, 2.75) is 103 Å². The molecule has 1 aliphatic rings. The van der Waals surface area contributed by atoms with Crippen LogP contribution in [0.3, 0.4) is 0 Å². The molecule has 0 aromatic heterocycles. The lowest BCUT2D eigenvalue weighted by Crippen LogP contribution is -2.37. The summed E-state index contributed by atoms with van der Waals surface area (Å²) in [4.78, 5) is 53.4. The van der Waals surface area contributed by atoms with Crippen LogP contribution in [0.2, 0.25) is 0 Å². The van der Waals surface area contributed by atoms with Crippen molar-refractivity contribution >= 4 is 23.6 Å². The van der Waals surface area contributed by atoms with E-state index in [4.69, 9.17) is 0 Å². The number of rotatable bonds is 7. The van der Waals surface area contributed by atoms with E-state index in [1.165, 1.54) is 4.90 Å². The van der Waals surface area contributed by atoms with Gasteiger partial charge in [-0.05, 0) is 34.0 Å². The highest BCUT2D eigenvalue weighted by atomic mass is 16.4. The Labute approximate surface area is 212 Å². The summed E-state index contributed by atoms with van der Waals surface area (Å²) in [6.07, 6.45) is 0.602. The Morgan fingerprint density at radius 3 is 1.40 bits per heavy atom. The van der Waals surface area contributed by atoms with E-state index in [0.717, 1.165) is 0 Å². The Morgan fingerprint density at radius 1 is 0.743 bits per heavy atom. The summed E-state index contributed by atoms with van der Waals surface area (Å²) in [6.45, 7) is 24.8. The number of amides is 2. The lowest BCUT2D eigenvalue weighted by molar-refractivity contribution is -0.139. The molecular weight excluding hydrogens is 442 g/mol. The van der Waals surface area contributed by atoms with Crippen molar-refractivity contribution in [3.8, 4) is 0 Å². The molecule has 1 unspecified atom stereocenters. The third-order valence-electron chi connectivity index (χ3n) is 6.27. The van der Waals surface area contributed by atoms with Crippen LogP contribution in [-0.4, -0.2) is 40.1 Å². The first-order valence-electron chi connectivity index (χ1n) is 12.6. The molecule has 1 N–H and O–H groups in total. The maximum absolute atomic E-state index is 13.3. The number of Topliss-reactive ketones (excluding diaryl/α,β-unsaturated/α-hetero) is 1. The molecule has 6 nitrogen and oxygen atoms in total. The van der Waals surface area contributed by atoms with Crippen molar-refractivity contribution in [2.24, 2.45) is 27.6 Å². The van der Waals surface area contributed by atoms with Crippen LogP contribution in [-0.2, 0) is 19.2 Å². The molecule has 0 bridgehead atoms. The maximum Gasteiger partial charge on any atom is 0.332 e. The minimum Gasteiger partial charge on any atom is -0.478 e. The van der Waals surface area contributed by atoms with Gasteiger partial charge in [-0.3, -0.25) is 19.3 Å². The predicted octanol–water partition coefficient (Wildman–Crippen LogP) is 6.20. The van der Waals surface area contributed by atoms with E-state index >= 15 is 0 Å². The largest absolute Gasteiger partial charge is 0.478 e. The van der Waals surface area contributed by atoms with Gasteiger partial charge in [-0.2, -0.15) is 0 Å². The fourth-order valence-corrected chi connectivity index (χ4v) is 4.77. The fourth-order valence-electron chi connectivity index (χ4n) is 4.77. The summed E-state index contributed by atoms with van der Waals surface area (Å²) in [5.74, 6) is -1.88. The predicted molar refractivity (Wildman–Crippen MR) is 140 cm³/mol. The summed E-state index contributed by atoms with van der Waals surface area (Å²) < 4.78 is 0. The van der Waals surface area contributed by atoms with Crippen molar-refractivity contribution in [2.75, 3.05) is 6.54 Å². The highest BCUT2D eigenvalue weighted by molar-refractivity contribution is 6.20. The van der Waals surface area contributed by atoms with Gasteiger partial charge in [0.2, 0.25) is 0 Å². The number of carboxylic acids is 1. The van der Waals surface area contributed by atoms with E-state index in [1.54, 1.807) is 20.8 Å². The Kier molecular flexibility index (Phi) is 8.82. The Morgan fingerprint density at radius 2 is 1.11 bits per heavy atom. The molecule has 0 aromatic carbocycles. The average molecular weight is 490 g/mol. The normalized spacial score (nSPS) is 17.7. The minimum absolute atomic E-state index is 0.114. The van der Waals surface area contributed by atoms with Crippen molar-refractivity contribution in [3.05, 3.63) is 22.3 Å². The monoisotopic (exact) mass is 489 g/mol. The van der Waals surface area contributed by atoms with Gasteiger partial charge in [-0.25, -0.2) is 4.79 Å². The van der Waals surface area contributed by atoms with Gasteiger partial charge in [-0.15, -0.1) is 0 Å². The molecule has 1 aliphatic heterocycles. The zero-order valence-electron chi connectivity index (χ0n) is 24.2. The minimum atomic E-state index is -1.08. The average Bonchev–Trinajstić information content (AvgIpc) is 2.86. The van der Waals surface area contributed by atoms with E-state index in [0.29, 0.717) is 23.1 Å². The van der Waals surface area contributed by atoms with E-state index in [9.17, 15) is 24.3 Å². The molecule has 198 valence electrons. The fraction of sp³-hybridized carbons (Fsp3) is 0.724. The third-order valence-corrected chi connectivity index (χ3v) is 6.27. The van der Waals surface area contributed by atoms with Crippen LogP contribution < -0.4 is 0 Å². The lowest BCUT2D eigenvalue weighted by atomic mass is 9.72. The highest BCUT2D eigenvalue weighted by Crippen LogP contribution is 2.43. The van der Waals surface area contributed by atoms with Crippen molar-refractivity contribution in [1.29, 1.82) is 0 Å².